The molecule has 0 radical (unpaired) electrons. The lowest BCUT2D eigenvalue weighted by Crippen LogP contribution is -2.45. The molecule has 7 heteroatoms. The third-order valence-corrected chi connectivity index (χ3v) is 5.55. The Kier molecular flexibility index (Phi) is 4.68. The second-order valence-electron chi connectivity index (χ2n) is 7.23. The highest BCUT2D eigenvalue weighted by molar-refractivity contribution is 5.80. The first-order valence-electron chi connectivity index (χ1n) is 9.30. The molecule has 2 aromatic rings. The molecule has 0 unspecified atom stereocenters. The van der Waals surface area contributed by atoms with E-state index in [-0.39, 0.29) is 23.5 Å². The first kappa shape index (κ1) is 17.7. The number of carbonyl (C=O) groups excluding carboxylic acids is 2. The summed E-state index contributed by atoms with van der Waals surface area (Å²) >= 11 is 0. The van der Waals surface area contributed by atoms with Crippen LogP contribution >= 0.6 is 0 Å². The molecule has 6 nitrogen and oxygen atoms in total. The molecule has 0 spiro atoms. The summed E-state index contributed by atoms with van der Waals surface area (Å²) in [5.41, 5.74) is 2.56. The highest BCUT2D eigenvalue weighted by atomic mass is 19.1. The van der Waals surface area contributed by atoms with E-state index in [1.54, 1.807) is 24.0 Å². The van der Waals surface area contributed by atoms with Crippen molar-refractivity contribution in [2.24, 2.45) is 5.92 Å². The lowest BCUT2D eigenvalue weighted by atomic mass is 9.93. The lowest BCUT2D eigenvalue weighted by molar-refractivity contribution is -0.140. The molecule has 2 aliphatic rings. The van der Waals surface area contributed by atoms with Gasteiger partial charge in [-0.05, 0) is 43.5 Å². The smallest absolute Gasteiger partial charge is 0.226 e. The van der Waals surface area contributed by atoms with Crippen LogP contribution in [0.15, 0.2) is 28.8 Å². The number of fused-ring (bicyclic) bond motifs is 1. The van der Waals surface area contributed by atoms with Crippen molar-refractivity contribution >= 4 is 11.8 Å². The Morgan fingerprint density at radius 3 is 2.48 bits per heavy atom. The summed E-state index contributed by atoms with van der Waals surface area (Å²) < 4.78 is 18.6. The fourth-order valence-electron chi connectivity index (χ4n) is 3.95. The van der Waals surface area contributed by atoms with Gasteiger partial charge in [0.15, 0.2) is 5.76 Å². The van der Waals surface area contributed by atoms with Crippen molar-refractivity contribution in [1.82, 2.24) is 15.0 Å². The molecule has 1 saturated heterocycles. The summed E-state index contributed by atoms with van der Waals surface area (Å²) in [4.78, 5) is 28.0. The number of hydrogen-bond donors (Lipinski definition) is 0. The average Bonchev–Trinajstić information content (AvgIpc) is 3.11. The van der Waals surface area contributed by atoms with Crippen LogP contribution < -0.4 is 0 Å². The van der Waals surface area contributed by atoms with E-state index in [2.05, 4.69) is 5.16 Å². The van der Waals surface area contributed by atoms with Gasteiger partial charge in [-0.15, -0.1) is 0 Å². The van der Waals surface area contributed by atoms with Gasteiger partial charge in [0.05, 0.1) is 6.54 Å². The van der Waals surface area contributed by atoms with E-state index < -0.39 is 0 Å². The maximum atomic E-state index is 13.1. The molecule has 142 valence electrons. The molecule has 4 rings (SSSR count). The summed E-state index contributed by atoms with van der Waals surface area (Å²) in [6.45, 7) is 3.91. The second kappa shape index (κ2) is 7.13. The van der Waals surface area contributed by atoms with Gasteiger partial charge < -0.3 is 14.3 Å². The van der Waals surface area contributed by atoms with Gasteiger partial charge >= 0.3 is 0 Å². The Balaban J connectivity index is 1.44. The Hall–Kier alpha value is -2.70. The fourth-order valence-corrected chi connectivity index (χ4v) is 3.95. The molecule has 0 bridgehead atoms. The van der Waals surface area contributed by atoms with Crippen molar-refractivity contribution in [3.8, 4) is 11.3 Å². The van der Waals surface area contributed by atoms with Crippen LogP contribution in [0.2, 0.25) is 0 Å². The van der Waals surface area contributed by atoms with Crippen molar-refractivity contribution < 1.29 is 18.5 Å². The molecular formula is C20H22FN3O3. The topological polar surface area (TPSA) is 66.7 Å². The lowest BCUT2D eigenvalue weighted by Gasteiger charge is -2.34. The molecule has 1 aromatic carbocycles. The molecule has 0 saturated carbocycles. The first-order valence-corrected chi connectivity index (χ1v) is 9.30. The predicted octanol–water partition coefficient (Wildman–Crippen LogP) is 2.62. The van der Waals surface area contributed by atoms with Crippen molar-refractivity contribution in [3.05, 3.63) is 41.3 Å². The number of amides is 2. The summed E-state index contributed by atoms with van der Waals surface area (Å²) in [7, 11) is 0. The normalized spacial score (nSPS) is 17.7. The maximum Gasteiger partial charge on any atom is 0.226 e. The number of halogens is 1. The molecule has 1 aromatic heterocycles. The molecule has 3 heterocycles. The van der Waals surface area contributed by atoms with E-state index in [0.717, 1.165) is 16.8 Å². The van der Waals surface area contributed by atoms with E-state index in [1.807, 2.05) is 4.90 Å². The third-order valence-electron chi connectivity index (χ3n) is 5.55. The molecule has 2 aliphatic heterocycles. The SMILES string of the molecule is CC(=O)N1CCC(C(=O)N2CCc3c(noc3-c3ccc(F)cc3)C2)CC1. The molecule has 0 aliphatic carbocycles. The monoisotopic (exact) mass is 371 g/mol. The van der Waals surface area contributed by atoms with Crippen LogP contribution in [0.5, 0.6) is 0 Å². The van der Waals surface area contributed by atoms with Gasteiger partial charge in [-0.1, -0.05) is 5.16 Å². The number of benzene rings is 1. The number of likely N-dealkylation sites (tertiary alicyclic amines) is 1. The van der Waals surface area contributed by atoms with Crippen LogP contribution in [0.4, 0.5) is 4.39 Å². The number of rotatable bonds is 2. The van der Waals surface area contributed by atoms with Gasteiger partial charge in [0, 0.05) is 43.6 Å². The Morgan fingerprint density at radius 1 is 1.11 bits per heavy atom. The third kappa shape index (κ3) is 3.46. The van der Waals surface area contributed by atoms with Crippen LogP contribution in [-0.2, 0) is 22.6 Å². The highest BCUT2D eigenvalue weighted by Gasteiger charge is 2.33. The van der Waals surface area contributed by atoms with Crippen molar-refractivity contribution in [2.75, 3.05) is 19.6 Å². The Bertz CT molecular complexity index is 854. The van der Waals surface area contributed by atoms with Crippen molar-refractivity contribution in [2.45, 2.75) is 32.7 Å². The zero-order valence-electron chi connectivity index (χ0n) is 15.3. The van der Waals surface area contributed by atoms with Gasteiger partial charge in [0.25, 0.3) is 0 Å². The van der Waals surface area contributed by atoms with Gasteiger partial charge in [-0.2, -0.15) is 0 Å². The van der Waals surface area contributed by atoms with Crippen LogP contribution in [0, 0.1) is 11.7 Å². The van der Waals surface area contributed by atoms with E-state index in [1.165, 1.54) is 12.1 Å². The molecule has 0 atom stereocenters. The van der Waals surface area contributed by atoms with Crippen LogP contribution in [0.3, 0.4) is 0 Å². The minimum Gasteiger partial charge on any atom is -0.356 e. The Labute approximate surface area is 156 Å². The molecule has 2 amide bonds. The van der Waals surface area contributed by atoms with E-state index in [4.69, 9.17) is 4.52 Å². The van der Waals surface area contributed by atoms with Gasteiger partial charge in [-0.25, -0.2) is 4.39 Å². The quantitative estimate of drug-likeness (QED) is 0.814. The number of aromatic nitrogens is 1. The van der Waals surface area contributed by atoms with Gasteiger partial charge in [0.2, 0.25) is 11.8 Å². The van der Waals surface area contributed by atoms with Gasteiger partial charge in [0.1, 0.15) is 11.5 Å². The standard InChI is InChI=1S/C20H22FN3O3/c1-13(25)23-9-6-15(7-10-23)20(26)24-11-8-17-18(12-24)22-27-19(17)14-2-4-16(21)5-3-14/h2-5,15H,6-12H2,1H3. The highest BCUT2D eigenvalue weighted by Crippen LogP contribution is 2.31. The van der Waals surface area contributed by atoms with E-state index in [0.29, 0.717) is 51.2 Å². The second-order valence-corrected chi connectivity index (χ2v) is 7.23. The average molecular weight is 371 g/mol. The summed E-state index contributed by atoms with van der Waals surface area (Å²) in [6.07, 6.45) is 2.09. The predicted molar refractivity (Wildman–Crippen MR) is 96.0 cm³/mol. The van der Waals surface area contributed by atoms with Crippen LogP contribution in [0.1, 0.15) is 31.0 Å². The fraction of sp³-hybridized carbons (Fsp3) is 0.450. The van der Waals surface area contributed by atoms with Crippen molar-refractivity contribution in [1.29, 1.82) is 0 Å². The largest absolute Gasteiger partial charge is 0.356 e. The number of nitrogens with zero attached hydrogens (tertiary/aromatic N) is 3. The zero-order chi connectivity index (χ0) is 19.0. The van der Waals surface area contributed by atoms with E-state index >= 15 is 0 Å². The molecule has 1 fully saturated rings. The minimum atomic E-state index is -0.292. The number of carbonyl (C=O) groups is 2. The summed E-state index contributed by atoms with van der Waals surface area (Å²) in [5, 5.41) is 4.15. The molecule has 27 heavy (non-hydrogen) atoms. The number of piperidine rings is 1. The number of hydrogen-bond acceptors (Lipinski definition) is 4. The van der Waals surface area contributed by atoms with Gasteiger partial charge in [-0.3, -0.25) is 9.59 Å². The Morgan fingerprint density at radius 2 is 1.81 bits per heavy atom. The van der Waals surface area contributed by atoms with Crippen LogP contribution in [-0.4, -0.2) is 46.4 Å². The molecule has 0 N–H and O–H groups in total. The van der Waals surface area contributed by atoms with E-state index in [9.17, 15) is 14.0 Å². The minimum absolute atomic E-state index is 0.0365. The first-order chi connectivity index (χ1) is 13.0. The summed E-state index contributed by atoms with van der Waals surface area (Å²) in [5.74, 6) is 0.534. The maximum absolute atomic E-state index is 13.1. The molecular weight excluding hydrogens is 349 g/mol. The van der Waals surface area contributed by atoms with Crippen molar-refractivity contribution in [3.63, 3.8) is 0 Å². The summed E-state index contributed by atoms with van der Waals surface area (Å²) in [6, 6.07) is 6.15. The zero-order valence-corrected chi connectivity index (χ0v) is 15.3. The van der Waals surface area contributed by atoms with Crippen LogP contribution in [0.25, 0.3) is 11.3 Å².